The highest BCUT2D eigenvalue weighted by Crippen LogP contribution is 2.20. The fourth-order valence-corrected chi connectivity index (χ4v) is 2.15. The Bertz CT molecular complexity index is 780. The molecule has 0 saturated carbocycles. The number of aryl methyl sites for hydroxylation is 1. The predicted octanol–water partition coefficient (Wildman–Crippen LogP) is 3.13. The quantitative estimate of drug-likeness (QED) is 0.589. The Morgan fingerprint density at radius 3 is 3.00 bits per heavy atom. The number of pyridine rings is 1. The monoisotopic (exact) mass is 281 g/mol. The van der Waals surface area contributed by atoms with Crippen LogP contribution in [0, 0.1) is 0 Å². The zero-order valence-corrected chi connectivity index (χ0v) is 11.7. The minimum Gasteiger partial charge on any atom is -0.422 e. The summed E-state index contributed by atoms with van der Waals surface area (Å²) in [5.41, 5.74) is 1.23. The van der Waals surface area contributed by atoms with Gasteiger partial charge in [-0.3, -0.25) is 10.1 Å². The van der Waals surface area contributed by atoms with E-state index in [1.165, 1.54) is 0 Å². The van der Waals surface area contributed by atoms with E-state index in [1.807, 2.05) is 12.1 Å². The van der Waals surface area contributed by atoms with E-state index in [4.69, 9.17) is 4.74 Å². The average molecular weight is 281 g/mol. The smallest absolute Gasteiger partial charge is 0.364 e. The topological polar surface area (TPSA) is 67.9 Å². The van der Waals surface area contributed by atoms with Crippen molar-refractivity contribution in [2.45, 2.75) is 19.8 Å². The lowest BCUT2D eigenvalue weighted by Gasteiger charge is -2.03. The predicted molar refractivity (Wildman–Crippen MR) is 79.3 cm³/mol. The van der Waals surface area contributed by atoms with Gasteiger partial charge in [-0.2, -0.15) is 5.10 Å². The Balaban J connectivity index is 1.78. The van der Waals surface area contributed by atoms with Crippen LogP contribution in [0.15, 0.2) is 42.7 Å². The number of rotatable bonds is 4. The molecule has 0 radical (unpaired) electrons. The number of nitrogens with zero attached hydrogens (tertiary/aromatic N) is 2. The van der Waals surface area contributed by atoms with Crippen LogP contribution >= 0.6 is 0 Å². The maximum atomic E-state index is 12.0. The van der Waals surface area contributed by atoms with Gasteiger partial charge in [0.05, 0.1) is 0 Å². The molecular weight excluding hydrogens is 266 g/mol. The molecule has 0 aliphatic rings. The minimum absolute atomic E-state index is 0.296. The number of hydrogen-bond donors (Lipinski definition) is 1. The summed E-state index contributed by atoms with van der Waals surface area (Å²) in [7, 11) is 0. The largest absolute Gasteiger partial charge is 0.422 e. The molecule has 3 aromatic rings. The molecule has 0 spiro atoms. The fourth-order valence-electron chi connectivity index (χ4n) is 2.15. The molecular formula is C16H15N3O2. The number of ether oxygens (including phenoxy) is 1. The molecule has 0 aliphatic carbocycles. The van der Waals surface area contributed by atoms with Crippen LogP contribution in [0.25, 0.3) is 10.8 Å². The molecule has 0 saturated heterocycles. The van der Waals surface area contributed by atoms with Crippen molar-refractivity contribution in [3.63, 3.8) is 0 Å². The van der Waals surface area contributed by atoms with Gasteiger partial charge in [-0.25, -0.2) is 4.79 Å². The third-order valence-corrected chi connectivity index (χ3v) is 3.18. The summed E-state index contributed by atoms with van der Waals surface area (Å²) in [5.74, 6) is 0.0254. The molecule has 2 aromatic heterocycles. The normalized spacial score (nSPS) is 10.7. The molecule has 0 amide bonds. The van der Waals surface area contributed by atoms with E-state index < -0.39 is 5.97 Å². The number of H-pyrrole nitrogens is 1. The van der Waals surface area contributed by atoms with Crippen molar-refractivity contribution in [2.75, 3.05) is 0 Å². The summed E-state index contributed by atoms with van der Waals surface area (Å²) in [6.07, 6.45) is 5.32. The van der Waals surface area contributed by atoms with Crippen LogP contribution in [0.3, 0.4) is 0 Å². The summed E-state index contributed by atoms with van der Waals surface area (Å²) in [6.45, 7) is 2.07. The maximum absolute atomic E-state index is 12.0. The van der Waals surface area contributed by atoms with E-state index in [2.05, 4.69) is 22.1 Å². The Morgan fingerprint density at radius 1 is 1.24 bits per heavy atom. The zero-order chi connectivity index (χ0) is 14.7. The number of fused-ring (bicyclic) bond motifs is 1. The number of aromatic nitrogens is 3. The highest BCUT2D eigenvalue weighted by Gasteiger charge is 2.13. The molecule has 0 aliphatic heterocycles. The summed E-state index contributed by atoms with van der Waals surface area (Å²) < 4.78 is 5.35. The van der Waals surface area contributed by atoms with Gasteiger partial charge in [0, 0.05) is 23.5 Å². The van der Waals surface area contributed by atoms with E-state index >= 15 is 0 Å². The zero-order valence-electron chi connectivity index (χ0n) is 11.7. The standard InChI is InChI=1S/C16H15N3O2/c1-2-3-13-9-15(19-18-13)16(20)21-14-5-4-11-6-7-17-10-12(11)8-14/h4-10H,2-3H2,1H3,(H,18,19). The van der Waals surface area contributed by atoms with Gasteiger partial charge < -0.3 is 4.74 Å². The van der Waals surface area contributed by atoms with Crippen LogP contribution in [0.1, 0.15) is 29.5 Å². The molecule has 2 heterocycles. The number of hydrogen-bond acceptors (Lipinski definition) is 4. The number of carbonyl (C=O) groups excluding carboxylic acids is 1. The molecule has 0 unspecified atom stereocenters. The van der Waals surface area contributed by atoms with Crippen molar-refractivity contribution in [3.05, 3.63) is 54.1 Å². The summed E-state index contributed by atoms with van der Waals surface area (Å²) in [4.78, 5) is 16.1. The summed E-state index contributed by atoms with van der Waals surface area (Å²) in [6, 6.07) is 9.09. The fraction of sp³-hybridized carbons (Fsp3) is 0.188. The first-order chi connectivity index (χ1) is 10.3. The molecule has 5 heteroatoms. The van der Waals surface area contributed by atoms with Gasteiger partial charge in [-0.15, -0.1) is 0 Å². The van der Waals surface area contributed by atoms with Crippen LogP contribution in [0.5, 0.6) is 5.75 Å². The van der Waals surface area contributed by atoms with E-state index in [1.54, 1.807) is 30.6 Å². The number of aromatic amines is 1. The van der Waals surface area contributed by atoms with Crippen molar-refractivity contribution in [1.82, 2.24) is 15.2 Å². The van der Waals surface area contributed by atoms with Gasteiger partial charge in [0.15, 0.2) is 5.69 Å². The van der Waals surface area contributed by atoms with Crippen molar-refractivity contribution < 1.29 is 9.53 Å². The molecule has 1 N–H and O–H groups in total. The molecule has 1 aromatic carbocycles. The highest BCUT2D eigenvalue weighted by molar-refractivity contribution is 5.90. The lowest BCUT2D eigenvalue weighted by atomic mass is 10.2. The molecule has 21 heavy (non-hydrogen) atoms. The highest BCUT2D eigenvalue weighted by atomic mass is 16.5. The minimum atomic E-state index is -0.461. The number of carbonyl (C=O) groups is 1. The van der Waals surface area contributed by atoms with Crippen molar-refractivity contribution >= 4 is 16.7 Å². The van der Waals surface area contributed by atoms with Gasteiger partial charge in [-0.1, -0.05) is 19.4 Å². The van der Waals surface area contributed by atoms with Crippen molar-refractivity contribution in [3.8, 4) is 5.75 Å². The van der Waals surface area contributed by atoms with Gasteiger partial charge in [0.25, 0.3) is 0 Å². The molecule has 0 bridgehead atoms. The molecule has 106 valence electrons. The van der Waals surface area contributed by atoms with E-state index in [-0.39, 0.29) is 0 Å². The first kappa shape index (κ1) is 13.3. The van der Waals surface area contributed by atoms with E-state index in [9.17, 15) is 4.79 Å². The summed E-state index contributed by atoms with van der Waals surface area (Å²) in [5, 5.41) is 8.80. The Hall–Kier alpha value is -2.69. The Morgan fingerprint density at radius 2 is 2.14 bits per heavy atom. The number of benzene rings is 1. The average Bonchev–Trinajstić information content (AvgIpc) is 2.96. The van der Waals surface area contributed by atoms with Gasteiger partial charge in [-0.05, 0) is 36.1 Å². The Labute approximate surface area is 122 Å². The first-order valence-electron chi connectivity index (χ1n) is 6.86. The third-order valence-electron chi connectivity index (χ3n) is 3.18. The molecule has 0 atom stereocenters. The number of nitrogens with one attached hydrogen (secondary N) is 1. The molecule has 0 fully saturated rings. The van der Waals surface area contributed by atoms with Gasteiger partial charge in [0.2, 0.25) is 0 Å². The molecule has 5 nitrogen and oxygen atoms in total. The first-order valence-corrected chi connectivity index (χ1v) is 6.86. The van der Waals surface area contributed by atoms with Crippen molar-refractivity contribution in [1.29, 1.82) is 0 Å². The van der Waals surface area contributed by atoms with Crippen LogP contribution < -0.4 is 4.74 Å². The third kappa shape index (κ3) is 2.91. The second-order valence-corrected chi connectivity index (χ2v) is 4.80. The molecule has 3 rings (SSSR count). The second kappa shape index (κ2) is 5.75. The van der Waals surface area contributed by atoms with Crippen LogP contribution in [-0.2, 0) is 6.42 Å². The maximum Gasteiger partial charge on any atom is 0.364 e. The van der Waals surface area contributed by atoms with E-state index in [0.717, 1.165) is 29.3 Å². The van der Waals surface area contributed by atoms with Crippen LogP contribution in [-0.4, -0.2) is 21.2 Å². The van der Waals surface area contributed by atoms with Gasteiger partial charge in [0.1, 0.15) is 5.75 Å². The van der Waals surface area contributed by atoms with Crippen LogP contribution in [0.4, 0.5) is 0 Å². The van der Waals surface area contributed by atoms with Crippen molar-refractivity contribution in [2.24, 2.45) is 0 Å². The van der Waals surface area contributed by atoms with E-state index in [0.29, 0.717) is 11.4 Å². The number of esters is 1. The van der Waals surface area contributed by atoms with Gasteiger partial charge >= 0.3 is 5.97 Å². The van der Waals surface area contributed by atoms with Crippen LogP contribution in [0.2, 0.25) is 0 Å². The lowest BCUT2D eigenvalue weighted by molar-refractivity contribution is 0.0729. The second-order valence-electron chi connectivity index (χ2n) is 4.80. The summed E-state index contributed by atoms with van der Waals surface area (Å²) >= 11 is 0. The SMILES string of the molecule is CCCc1cc(C(=O)Oc2ccc3ccncc3c2)n[nH]1. The lowest BCUT2D eigenvalue weighted by Crippen LogP contribution is -2.08. The Kier molecular flexibility index (Phi) is 3.64.